The molecule has 0 saturated heterocycles. The normalized spacial score (nSPS) is 15.0. The summed E-state index contributed by atoms with van der Waals surface area (Å²) in [6, 6.07) is 6.66. The molecule has 0 saturated carbocycles. The molecular weight excluding hydrogens is 419 g/mol. The largest absolute Gasteiger partial charge is 0.482 e. The van der Waals surface area contributed by atoms with E-state index in [1.807, 2.05) is 30.9 Å². The Kier molecular flexibility index (Phi) is 5.15. The lowest BCUT2D eigenvalue weighted by atomic mass is 9.93. The van der Waals surface area contributed by atoms with Gasteiger partial charge in [0, 0.05) is 60.2 Å². The SMILES string of the molecule is CCc1nn(CC)c2c1Cc1cn(C)nc1-c1ccc(F)cc1C(C)Oc1cc-2cnc1N. The van der Waals surface area contributed by atoms with E-state index in [0.717, 1.165) is 52.3 Å². The van der Waals surface area contributed by atoms with E-state index < -0.39 is 6.10 Å². The fourth-order valence-corrected chi connectivity index (χ4v) is 4.67. The van der Waals surface area contributed by atoms with Crippen molar-refractivity contribution in [3.05, 3.63) is 64.9 Å². The molecule has 1 unspecified atom stereocenters. The van der Waals surface area contributed by atoms with Crippen LogP contribution < -0.4 is 10.5 Å². The zero-order valence-electron chi connectivity index (χ0n) is 19.3. The molecule has 33 heavy (non-hydrogen) atoms. The van der Waals surface area contributed by atoms with Crippen LogP contribution in [0.1, 0.15) is 49.3 Å². The Morgan fingerprint density at radius 3 is 2.79 bits per heavy atom. The second-order valence-corrected chi connectivity index (χ2v) is 8.40. The topological polar surface area (TPSA) is 83.8 Å². The summed E-state index contributed by atoms with van der Waals surface area (Å²) in [5.41, 5.74) is 13.7. The molecule has 4 aromatic rings. The smallest absolute Gasteiger partial charge is 0.166 e. The van der Waals surface area contributed by atoms with Gasteiger partial charge in [0.25, 0.3) is 0 Å². The first-order valence-corrected chi connectivity index (χ1v) is 11.2. The highest BCUT2D eigenvalue weighted by Crippen LogP contribution is 2.39. The lowest BCUT2D eigenvalue weighted by Gasteiger charge is -2.21. The molecule has 0 spiro atoms. The molecule has 0 amide bonds. The number of rotatable bonds is 2. The van der Waals surface area contributed by atoms with Crippen molar-refractivity contribution in [2.45, 2.75) is 46.3 Å². The average molecular weight is 447 g/mol. The minimum atomic E-state index is -0.467. The van der Waals surface area contributed by atoms with Crippen molar-refractivity contribution in [2.75, 3.05) is 5.73 Å². The third kappa shape index (κ3) is 3.55. The molecule has 8 heteroatoms. The number of benzene rings is 1. The highest BCUT2D eigenvalue weighted by atomic mass is 19.1. The number of nitrogens with zero attached hydrogens (tertiary/aromatic N) is 5. The number of ether oxygens (including phenoxy) is 1. The second-order valence-electron chi connectivity index (χ2n) is 8.40. The second kappa shape index (κ2) is 8.03. The van der Waals surface area contributed by atoms with Gasteiger partial charge in [-0.1, -0.05) is 6.92 Å². The van der Waals surface area contributed by atoms with E-state index in [0.29, 0.717) is 23.6 Å². The van der Waals surface area contributed by atoms with Crippen LogP contribution in [0.4, 0.5) is 10.2 Å². The van der Waals surface area contributed by atoms with Gasteiger partial charge < -0.3 is 10.5 Å². The zero-order valence-corrected chi connectivity index (χ0v) is 19.3. The lowest BCUT2D eigenvalue weighted by Crippen LogP contribution is -2.10. The maximum atomic E-state index is 14.3. The Morgan fingerprint density at radius 1 is 1.21 bits per heavy atom. The average Bonchev–Trinajstić information content (AvgIpc) is 3.34. The monoisotopic (exact) mass is 446 g/mol. The van der Waals surface area contributed by atoms with E-state index in [9.17, 15) is 4.39 Å². The number of pyridine rings is 1. The number of hydrogen-bond donors (Lipinski definition) is 1. The number of hydrogen-bond acceptors (Lipinski definition) is 5. The van der Waals surface area contributed by atoms with Gasteiger partial charge in [-0.15, -0.1) is 0 Å². The highest BCUT2D eigenvalue weighted by molar-refractivity contribution is 5.72. The molecule has 1 atom stereocenters. The van der Waals surface area contributed by atoms with Crippen LogP contribution in [0.2, 0.25) is 0 Å². The van der Waals surface area contributed by atoms with Crippen molar-refractivity contribution in [3.63, 3.8) is 0 Å². The van der Waals surface area contributed by atoms with E-state index in [1.54, 1.807) is 16.9 Å². The molecule has 2 N–H and O–H groups in total. The predicted octanol–water partition coefficient (Wildman–Crippen LogP) is 4.69. The molecule has 2 bridgehead atoms. The number of nitrogens with two attached hydrogens (primary N) is 1. The maximum Gasteiger partial charge on any atom is 0.166 e. The molecule has 1 aliphatic heterocycles. The number of halogens is 1. The van der Waals surface area contributed by atoms with Crippen molar-refractivity contribution in [1.29, 1.82) is 0 Å². The van der Waals surface area contributed by atoms with Crippen LogP contribution in [-0.2, 0) is 26.4 Å². The first kappa shape index (κ1) is 21.2. The van der Waals surface area contributed by atoms with Crippen LogP contribution in [0.3, 0.4) is 0 Å². The Bertz CT molecular complexity index is 1360. The zero-order chi connectivity index (χ0) is 23.3. The van der Waals surface area contributed by atoms with Crippen LogP contribution in [0.25, 0.3) is 22.5 Å². The molecule has 170 valence electrons. The third-order valence-corrected chi connectivity index (χ3v) is 6.21. The van der Waals surface area contributed by atoms with Crippen molar-refractivity contribution in [1.82, 2.24) is 24.5 Å². The van der Waals surface area contributed by atoms with Crippen molar-refractivity contribution in [2.24, 2.45) is 7.05 Å². The van der Waals surface area contributed by atoms with Gasteiger partial charge in [-0.3, -0.25) is 9.36 Å². The summed E-state index contributed by atoms with van der Waals surface area (Å²) in [7, 11) is 1.90. The Morgan fingerprint density at radius 2 is 2.03 bits per heavy atom. The summed E-state index contributed by atoms with van der Waals surface area (Å²) in [6.07, 6.45) is 4.77. The van der Waals surface area contributed by atoms with Crippen molar-refractivity contribution >= 4 is 5.82 Å². The van der Waals surface area contributed by atoms with Crippen LogP contribution in [0.15, 0.2) is 36.7 Å². The number of nitrogen functional groups attached to an aromatic ring is 1. The first-order valence-electron chi connectivity index (χ1n) is 11.2. The molecule has 1 aromatic carbocycles. The van der Waals surface area contributed by atoms with Gasteiger partial charge >= 0.3 is 0 Å². The number of fused-ring (bicyclic) bond motifs is 7. The van der Waals surface area contributed by atoms with Crippen LogP contribution in [-0.4, -0.2) is 24.5 Å². The van der Waals surface area contributed by atoms with Gasteiger partial charge in [-0.05, 0) is 44.5 Å². The molecular formula is C25H27FN6O. The highest BCUT2D eigenvalue weighted by Gasteiger charge is 2.26. The molecule has 5 rings (SSSR count). The van der Waals surface area contributed by atoms with Crippen molar-refractivity contribution < 1.29 is 9.13 Å². The number of aryl methyl sites for hydroxylation is 3. The van der Waals surface area contributed by atoms with Crippen LogP contribution in [0.5, 0.6) is 5.75 Å². The summed E-state index contributed by atoms with van der Waals surface area (Å²) < 4.78 is 24.4. The molecule has 0 aliphatic carbocycles. The van der Waals surface area contributed by atoms with Gasteiger partial charge in [-0.2, -0.15) is 10.2 Å². The minimum absolute atomic E-state index is 0.291. The van der Waals surface area contributed by atoms with Gasteiger partial charge in [0.1, 0.15) is 11.9 Å². The van der Waals surface area contributed by atoms with E-state index >= 15 is 0 Å². The van der Waals surface area contributed by atoms with Crippen LogP contribution >= 0.6 is 0 Å². The summed E-state index contributed by atoms with van der Waals surface area (Å²) in [4.78, 5) is 4.42. The quantitative estimate of drug-likeness (QED) is 0.483. The van der Waals surface area contributed by atoms with E-state index in [4.69, 9.17) is 20.7 Å². The molecule has 3 aromatic heterocycles. The predicted molar refractivity (Wildman–Crippen MR) is 125 cm³/mol. The van der Waals surface area contributed by atoms with E-state index in [1.165, 1.54) is 12.1 Å². The fourth-order valence-electron chi connectivity index (χ4n) is 4.67. The molecule has 4 heterocycles. The third-order valence-electron chi connectivity index (χ3n) is 6.21. The first-order chi connectivity index (χ1) is 15.9. The molecule has 1 aliphatic rings. The summed E-state index contributed by atoms with van der Waals surface area (Å²) in [5.74, 6) is 0.428. The Hall–Kier alpha value is -3.68. The van der Waals surface area contributed by atoms with Crippen molar-refractivity contribution in [3.8, 4) is 28.3 Å². The molecule has 0 radical (unpaired) electrons. The Labute approximate surface area is 192 Å². The van der Waals surface area contributed by atoms with Gasteiger partial charge in [-0.25, -0.2) is 9.37 Å². The lowest BCUT2D eigenvalue weighted by molar-refractivity contribution is 0.227. The summed E-state index contributed by atoms with van der Waals surface area (Å²) in [5, 5.41) is 9.65. The maximum absolute atomic E-state index is 14.3. The standard InChI is InChI=1S/C25H27FN6O/c1-5-21-20-9-16-13-31(4)30-23(16)18-8-7-17(26)11-19(18)14(3)33-22-10-15(12-28-25(22)27)24(20)32(6-2)29-21/h7-8,10-14H,5-6,9H2,1-4H3,(H2,27,28). The Balaban J connectivity index is 1.84. The number of anilines is 1. The van der Waals surface area contributed by atoms with Gasteiger partial charge in [0.2, 0.25) is 0 Å². The van der Waals surface area contributed by atoms with Crippen LogP contribution in [0, 0.1) is 5.82 Å². The number of aromatic nitrogens is 5. The van der Waals surface area contributed by atoms with Gasteiger partial charge in [0.15, 0.2) is 11.6 Å². The minimum Gasteiger partial charge on any atom is -0.482 e. The van der Waals surface area contributed by atoms with E-state index in [-0.39, 0.29) is 5.82 Å². The molecule has 0 fully saturated rings. The van der Waals surface area contributed by atoms with Gasteiger partial charge in [0.05, 0.1) is 17.1 Å². The summed E-state index contributed by atoms with van der Waals surface area (Å²) >= 11 is 0. The summed E-state index contributed by atoms with van der Waals surface area (Å²) in [6.45, 7) is 6.79. The van der Waals surface area contributed by atoms with E-state index in [2.05, 4.69) is 18.8 Å². The fraction of sp³-hybridized carbons (Fsp3) is 0.320. The molecule has 7 nitrogen and oxygen atoms in total.